The summed E-state index contributed by atoms with van der Waals surface area (Å²) < 4.78 is 81.3. The third-order valence-electron chi connectivity index (χ3n) is 6.74. The Morgan fingerprint density at radius 3 is 2.39 bits per heavy atom. The number of nitrogens with zero attached hydrogens (tertiary/aromatic N) is 1. The van der Waals surface area contributed by atoms with E-state index in [0.29, 0.717) is 18.4 Å². The van der Waals surface area contributed by atoms with Crippen molar-refractivity contribution in [2.45, 2.75) is 31.2 Å². The molecular weight excluding hydrogens is 576 g/mol. The number of amides is 1. The van der Waals surface area contributed by atoms with Crippen LogP contribution in [0.1, 0.15) is 35.7 Å². The Kier molecular flexibility index (Phi) is 7.43. The molecule has 0 saturated carbocycles. The molecule has 0 fully saturated rings. The summed E-state index contributed by atoms with van der Waals surface area (Å²) in [6.45, 7) is 1.76. The molecule has 0 aliphatic carbocycles. The first-order valence-corrected chi connectivity index (χ1v) is 15.9. The minimum Gasteiger partial charge on any atom is -0.356 e. The maximum Gasteiger partial charge on any atom is 0.244 e. The van der Waals surface area contributed by atoms with Crippen LogP contribution in [0.5, 0.6) is 0 Å². The van der Waals surface area contributed by atoms with E-state index in [4.69, 9.17) is 0 Å². The molecule has 41 heavy (non-hydrogen) atoms. The molecule has 3 aromatic carbocycles. The number of carbonyl (C=O) groups is 2. The van der Waals surface area contributed by atoms with E-state index in [1.54, 1.807) is 0 Å². The van der Waals surface area contributed by atoms with Crippen LogP contribution in [0.4, 0.5) is 25.8 Å². The standard InChI is InChI=1S/C28H25F2N3O6S2/c1-2-3-12-41(38,39)32-20-9-10-22-25(14-20)40(36,37)16-23(31-22)26-27(34)21-13-19(30)8-11-24(21)33(28(26)35)15-17-4-6-18(29)7-5-17/h4-11,13-14,16,26,31-32H,2-3,12,15H2,1H3. The van der Waals surface area contributed by atoms with Crippen molar-refractivity contribution in [1.82, 2.24) is 0 Å². The normalized spacial score (nSPS) is 17.8. The number of nitrogens with one attached hydrogen (secondary N) is 2. The fourth-order valence-corrected chi connectivity index (χ4v) is 7.37. The molecule has 1 amide bonds. The highest BCUT2D eigenvalue weighted by Gasteiger charge is 2.44. The number of carbonyl (C=O) groups excluding carboxylic acids is 2. The molecule has 5 rings (SSSR count). The summed E-state index contributed by atoms with van der Waals surface area (Å²) in [5.74, 6) is -4.51. The molecule has 1 unspecified atom stereocenters. The Morgan fingerprint density at radius 1 is 0.976 bits per heavy atom. The molecule has 9 nitrogen and oxygen atoms in total. The fourth-order valence-electron chi connectivity index (χ4n) is 4.74. The van der Waals surface area contributed by atoms with E-state index in [2.05, 4.69) is 10.0 Å². The van der Waals surface area contributed by atoms with E-state index in [1.165, 1.54) is 47.4 Å². The van der Waals surface area contributed by atoms with Gasteiger partial charge in [0, 0.05) is 16.9 Å². The number of anilines is 3. The van der Waals surface area contributed by atoms with Crippen molar-refractivity contribution in [1.29, 1.82) is 0 Å². The predicted octanol–water partition coefficient (Wildman–Crippen LogP) is 4.59. The van der Waals surface area contributed by atoms with Crippen molar-refractivity contribution < 1.29 is 35.2 Å². The number of benzene rings is 3. The summed E-state index contributed by atoms with van der Waals surface area (Å²) in [6, 6.07) is 12.6. The Morgan fingerprint density at radius 2 is 1.68 bits per heavy atom. The van der Waals surface area contributed by atoms with E-state index < -0.39 is 49.1 Å². The van der Waals surface area contributed by atoms with Crippen LogP contribution in [0.3, 0.4) is 0 Å². The van der Waals surface area contributed by atoms with Crippen molar-refractivity contribution in [2.24, 2.45) is 5.92 Å². The summed E-state index contributed by atoms with van der Waals surface area (Å²) in [5.41, 5.74) is 0.404. The molecule has 2 N–H and O–H groups in total. The van der Waals surface area contributed by atoms with Crippen LogP contribution < -0.4 is 14.9 Å². The third-order valence-corrected chi connectivity index (χ3v) is 9.63. The van der Waals surface area contributed by atoms with Gasteiger partial charge in [0.15, 0.2) is 5.78 Å². The van der Waals surface area contributed by atoms with Gasteiger partial charge in [0.05, 0.1) is 34.0 Å². The summed E-state index contributed by atoms with van der Waals surface area (Å²) in [4.78, 5) is 28.3. The molecule has 2 heterocycles. The van der Waals surface area contributed by atoms with Crippen LogP contribution in [0, 0.1) is 17.6 Å². The first-order chi connectivity index (χ1) is 19.4. The highest BCUT2D eigenvalue weighted by atomic mass is 32.2. The van der Waals surface area contributed by atoms with Crippen molar-refractivity contribution in [3.63, 3.8) is 0 Å². The van der Waals surface area contributed by atoms with Gasteiger partial charge in [-0.15, -0.1) is 0 Å². The lowest BCUT2D eigenvalue weighted by Crippen LogP contribution is -2.46. The molecule has 0 bridgehead atoms. The third kappa shape index (κ3) is 5.72. The number of halogens is 2. The second-order valence-corrected chi connectivity index (χ2v) is 13.3. The van der Waals surface area contributed by atoms with E-state index in [1.807, 2.05) is 6.92 Å². The van der Waals surface area contributed by atoms with Gasteiger partial charge in [-0.25, -0.2) is 25.6 Å². The molecule has 3 aromatic rings. The van der Waals surface area contributed by atoms with Crippen molar-refractivity contribution in [3.05, 3.63) is 94.5 Å². The Balaban J connectivity index is 1.51. The molecule has 13 heteroatoms. The number of Topliss-reactive ketones (excluding diaryl/α,β-unsaturated/α-hetero) is 1. The van der Waals surface area contributed by atoms with E-state index in [9.17, 15) is 35.2 Å². The van der Waals surface area contributed by atoms with Gasteiger partial charge in [0.1, 0.15) is 17.6 Å². The first kappa shape index (κ1) is 28.4. The second-order valence-electron chi connectivity index (χ2n) is 9.74. The van der Waals surface area contributed by atoms with Crippen LogP contribution >= 0.6 is 0 Å². The lowest BCUT2D eigenvalue weighted by molar-refractivity contribution is -0.120. The number of sulfone groups is 1. The van der Waals surface area contributed by atoms with Gasteiger partial charge < -0.3 is 10.2 Å². The quantitative estimate of drug-likeness (QED) is 0.361. The van der Waals surface area contributed by atoms with Crippen LogP contribution in [0.15, 0.2) is 76.7 Å². The zero-order chi connectivity index (χ0) is 29.5. The smallest absolute Gasteiger partial charge is 0.244 e. The molecule has 0 spiro atoms. The Hall–Kier alpha value is -4.10. The van der Waals surface area contributed by atoms with Gasteiger partial charge in [-0.05, 0) is 60.5 Å². The lowest BCUT2D eigenvalue weighted by atomic mass is 9.87. The van der Waals surface area contributed by atoms with Crippen LogP contribution in [-0.4, -0.2) is 34.3 Å². The number of hydrogen-bond acceptors (Lipinski definition) is 7. The first-order valence-electron chi connectivity index (χ1n) is 12.7. The van der Waals surface area contributed by atoms with Gasteiger partial charge in [0.2, 0.25) is 25.8 Å². The lowest BCUT2D eigenvalue weighted by Gasteiger charge is -2.35. The summed E-state index contributed by atoms with van der Waals surface area (Å²) >= 11 is 0. The van der Waals surface area contributed by atoms with Crippen molar-refractivity contribution in [2.75, 3.05) is 20.7 Å². The summed E-state index contributed by atoms with van der Waals surface area (Å²) in [6.07, 6.45) is 1.09. The monoisotopic (exact) mass is 601 g/mol. The Labute approximate surface area is 235 Å². The van der Waals surface area contributed by atoms with Crippen LogP contribution in [-0.2, 0) is 31.2 Å². The number of ketones is 1. The minimum atomic E-state index is -4.25. The molecule has 1 atom stereocenters. The highest BCUT2D eigenvalue weighted by Crippen LogP contribution is 2.40. The molecule has 2 aliphatic heterocycles. The highest BCUT2D eigenvalue weighted by molar-refractivity contribution is 7.94. The van der Waals surface area contributed by atoms with E-state index >= 15 is 0 Å². The molecule has 0 aromatic heterocycles. The maximum absolute atomic E-state index is 14.2. The van der Waals surface area contributed by atoms with Gasteiger partial charge in [0.25, 0.3) is 0 Å². The number of unbranched alkanes of at least 4 members (excludes halogenated alkanes) is 1. The summed E-state index contributed by atoms with van der Waals surface area (Å²) in [5, 5.41) is 3.59. The molecule has 0 saturated heterocycles. The number of hydrogen-bond donors (Lipinski definition) is 2. The number of sulfonamides is 1. The zero-order valence-electron chi connectivity index (χ0n) is 21.7. The fraction of sp³-hybridized carbons (Fsp3) is 0.214. The topological polar surface area (TPSA) is 130 Å². The average molecular weight is 602 g/mol. The molecule has 214 valence electrons. The predicted molar refractivity (Wildman–Crippen MR) is 149 cm³/mol. The van der Waals surface area contributed by atoms with Crippen LogP contribution in [0.25, 0.3) is 0 Å². The SMILES string of the molecule is CCCCS(=O)(=O)Nc1ccc2c(c1)S(=O)(=O)C=C(C1C(=O)c3cc(F)ccc3N(Cc3ccc(F)cc3)C1=O)N2. The van der Waals surface area contributed by atoms with Crippen molar-refractivity contribution in [3.8, 4) is 0 Å². The van der Waals surface area contributed by atoms with Gasteiger partial charge >= 0.3 is 0 Å². The van der Waals surface area contributed by atoms with E-state index in [0.717, 1.165) is 23.6 Å². The second kappa shape index (κ2) is 10.7. The number of fused-ring (bicyclic) bond motifs is 2. The molecular formula is C28H25F2N3O6S2. The average Bonchev–Trinajstić information content (AvgIpc) is 2.91. The van der Waals surface area contributed by atoms with Crippen molar-refractivity contribution >= 4 is 48.6 Å². The minimum absolute atomic E-state index is 0.0368. The van der Waals surface area contributed by atoms with E-state index in [-0.39, 0.29) is 45.5 Å². The Bertz CT molecular complexity index is 1810. The largest absolute Gasteiger partial charge is 0.356 e. The zero-order valence-corrected chi connectivity index (χ0v) is 23.4. The van der Waals surface area contributed by atoms with Gasteiger partial charge in [-0.1, -0.05) is 25.5 Å². The molecule has 2 aliphatic rings. The molecule has 0 radical (unpaired) electrons. The summed E-state index contributed by atoms with van der Waals surface area (Å²) in [7, 11) is -7.94. The van der Waals surface area contributed by atoms with Gasteiger partial charge in [-0.2, -0.15) is 0 Å². The number of rotatable bonds is 8. The van der Waals surface area contributed by atoms with Gasteiger partial charge in [-0.3, -0.25) is 14.3 Å². The van der Waals surface area contributed by atoms with Crippen LogP contribution in [0.2, 0.25) is 0 Å². The maximum atomic E-state index is 14.2.